The molecule has 0 aliphatic heterocycles. The zero-order chi connectivity index (χ0) is 18.9. The number of hydrogen-bond donors (Lipinski definition) is 2. The SMILES string of the molecule is CCOc1ccccc1CCC(=O)Nc1ccccc1C(=O)NC(C)C. The summed E-state index contributed by atoms with van der Waals surface area (Å²) in [5.74, 6) is 0.471. The largest absolute Gasteiger partial charge is 0.494 e. The molecule has 0 atom stereocenters. The van der Waals surface area contributed by atoms with Gasteiger partial charge in [0.2, 0.25) is 5.91 Å². The molecule has 2 amide bonds. The Balaban J connectivity index is 2.02. The Labute approximate surface area is 154 Å². The van der Waals surface area contributed by atoms with Crippen LogP contribution in [0.3, 0.4) is 0 Å². The van der Waals surface area contributed by atoms with Gasteiger partial charge in [0, 0.05) is 12.5 Å². The third kappa shape index (κ3) is 5.62. The van der Waals surface area contributed by atoms with Crippen molar-refractivity contribution in [2.24, 2.45) is 0 Å². The summed E-state index contributed by atoms with van der Waals surface area (Å²) in [6.07, 6.45) is 0.882. The Morgan fingerprint density at radius 2 is 1.73 bits per heavy atom. The summed E-state index contributed by atoms with van der Waals surface area (Å²) in [5, 5.41) is 5.69. The molecule has 0 heterocycles. The Morgan fingerprint density at radius 3 is 2.46 bits per heavy atom. The maximum atomic E-state index is 12.4. The van der Waals surface area contributed by atoms with E-state index in [4.69, 9.17) is 4.74 Å². The van der Waals surface area contributed by atoms with Crippen LogP contribution in [-0.2, 0) is 11.2 Å². The smallest absolute Gasteiger partial charge is 0.253 e. The van der Waals surface area contributed by atoms with Gasteiger partial charge in [-0.15, -0.1) is 0 Å². The van der Waals surface area contributed by atoms with E-state index in [1.165, 1.54) is 0 Å². The molecule has 2 rings (SSSR count). The van der Waals surface area contributed by atoms with E-state index in [0.717, 1.165) is 11.3 Å². The van der Waals surface area contributed by atoms with Gasteiger partial charge < -0.3 is 15.4 Å². The first-order chi connectivity index (χ1) is 12.5. The van der Waals surface area contributed by atoms with E-state index in [1.54, 1.807) is 24.3 Å². The Bertz CT molecular complexity index is 756. The molecule has 0 radical (unpaired) electrons. The summed E-state index contributed by atoms with van der Waals surface area (Å²) >= 11 is 0. The van der Waals surface area contributed by atoms with Gasteiger partial charge >= 0.3 is 0 Å². The van der Waals surface area contributed by atoms with Gasteiger partial charge in [0.1, 0.15) is 5.75 Å². The second-order valence-corrected chi connectivity index (χ2v) is 6.26. The fourth-order valence-electron chi connectivity index (χ4n) is 2.60. The van der Waals surface area contributed by atoms with Crippen LogP contribution in [0.4, 0.5) is 5.69 Å². The van der Waals surface area contributed by atoms with Gasteiger partial charge in [-0.25, -0.2) is 0 Å². The first-order valence-electron chi connectivity index (χ1n) is 8.91. The number of amides is 2. The first kappa shape index (κ1) is 19.5. The van der Waals surface area contributed by atoms with E-state index in [0.29, 0.717) is 30.7 Å². The summed E-state index contributed by atoms with van der Waals surface area (Å²) in [4.78, 5) is 24.6. The number of anilines is 1. The standard InChI is InChI=1S/C21H26N2O3/c1-4-26-19-12-8-5-9-16(19)13-14-20(24)23-18-11-7-6-10-17(18)21(25)22-15(2)3/h5-12,15H,4,13-14H2,1-3H3,(H,22,25)(H,23,24). The number of para-hydroxylation sites is 2. The lowest BCUT2D eigenvalue weighted by molar-refractivity contribution is -0.116. The summed E-state index contributed by atoms with van der Waals surface area (Å²) in [6, 6.07) is 14.8. The number of nitrogens with one attached hydrogen (secondary N) is 2. The molecule has 2 aromatic rings. The van der Waals surface area contributed by atoms with Gasteiger partial charge in [-0.3, -0.25) is 9.59 Å². The van der Waals surface area contributed by atoms with Crippen molar-refractivity contribution in [3.8, 4) is 5.75 Å². The van der Waals surface area contributed by atoms with E-state index < -0.39 is 0 Å². The lowest BCUT2D eigenvalue weighted by Gasteiger charge is -2.13. The summed E-state index contributed by atoms with van der Waals surface area (Å²) in [7, 11) is 0. The molecule has 0 saturated heterocycles. The lowest BCUT2D eigenvalue weighted by atomic mass is 10.1. The topological polar surface area (TPSA) is 67.4 Å². The number of ether oxygens (including phenoxy) is 1. The monoisotopic (exact) mass is 354 g/mol. The van der Waals surface area contributed by atoms with Gasteiger partial charge in [-0.2, -0.15) is 0 Å². The molecule has 138 valence electrons. The molecule has 26 heavy (non-hydrogen) atoms. The van der Waals surface area contributed by atoms with Crippen molar-refractivity contribution < 1.29 is 14.3 Å². The molecular formula is C21H26N2O3. The van der Waals surface area contributed by atoms with Crippen LogP contribution < -0.4 is 15.4 Å². The van der Waals surface area contributed by atoms with Crippen LogP contribution in [0, 0.1) is 0 Å². The van der Waals surface area contributed by atoms with Crippen molar-refractivity contribution in [2.75, 3.05) is 11.9 Å². The quantitative estimate of drug-likeness (QED) is 0.758. The number of hydrogen-bond acceptors (Lipinski definition) is 3. The van der Waals surface area contributed by atoms with Crippen molar-refractivity contribution in [3.05, 3.63) is 59.7 Å². The van der Waals surface area contributed by atoms with Crippen LogP contribution in [0.2, 0.25) is 0 Å². The van der Waals surface area contributed by atoms with Crippen molar-refractivity contribution in [1.82, 2.24) is 5.32 Å². The number of carbonyl (C=O) groups excluding carboxylic acids is 2. The van der Waals surface area contributed by atoms with E-state index >= 15 is 0 Å². The van der Waals surface area contributed by atoms with Gasteiger partial charge in [-0.05, 0) is 51.0 Å². The molecule has 0 aliphatic rings. The summed E-state index contributed by atoms with van der Waals surface area (Å²) < 4.78 is 5.59. The highest BCUT2D eigenvalue weighted by atomic mass is 16.5. The van der Waals surface area contributed by atoms with Crippen LogP contribution in [0.1, 0.15) is 43.1 Å². The molecule has 2 aromatic carbocycles. The number of rotatable bonds is 8. The molecular weight excluding hydrogens is 328 g/mol. The molecule has 0 aliphatic carbocycles. The number of benzene rings is 2. The van der Waals surface area contributed by atoms with E-state index in [1.807, 2.05) is 45.0 Å². The lowest BCUT2D eigenvalue weighted by Crippen LogP contribution is -2.31. The average Bonchev–Trinajstić information content (AvgIpc) is 2.61. The molecule has 0 fully saturated rings. The van der Waals surface area contributed by atoms with E-state index in [9.17, 15) is 9.59 Å². The second-order valence-electron chi connectivity index (χ2n) is 6.26. The van der Waals surface area contributed by atoms with Crippen molar-refractivity contribution in [1.29, 1.82) is 0 Å². The zero-order valence-electron chi connectivity index (χ0n) is 15.5. The van der Waals surface area contributed by atoms with Crippen LogP contribution in [0.25, 0.3) is 0 Å². The highest BCUT2D eigenvalue weighted by molar-refractivity contribution is 6.03. The van der Waals surface area contributed by atoms with Crippen LogP contribution >= 0.6 is 0 Å². The molecule has 0 spiro atoms. The second kappa shape index (κ2) is 9.61. The molecule has 0 saturated carbocycles. The van der Waals surface area contributed by atoms with Crippen LogP contribution in [0.5, 0.6) is 5.75 Å². The first-order valence-corrected chi connectivity index (χ1v) is 8.91. The Hall–Kier alpha value is -2.82. The predicted octanol–water partition coefficient (Wildman–Crippen LogP) is 3.79. The fraction of sp³-hybridized carbons (Fsp3) is 0.333. The van der Waals surface area contributed by atoms with E-state index in [2.05, 4.69) is 10.6 Å². The Morgan fingerprint density at radius 1 is 1.04 bits per heavy atom. The highest BCUT2D eigenvalue weighted by Gasteiger charge is 2.14. The maximum absolute atomic E-state index is 12.4. The molecule has 2 N–H and O–H groups in total. The molecule has 0 unspecified atom stereocenters. The molecule has 5 nitrogen and oxygen atoms in total. The Kier molecular flexibility index (Phi) is 7.21. The normalized spacial score (nSPS) is 10.5. The number of carbonyl (C=O) groups is 2. The van der Waals surface area contributed by atoms with E-state index in [-0.39, 0.29) is 17.9 Å². The van der Waals surface area contributed by atoms with Crippen molar-refractivity contribution >= 4 is 17.5 Å². The molecule has 0 bridgehead atoms. The van der Waals surface area contributed by atoms with Crippen molar-refractivity contribution in [2.45, 2.75) is 39.7 Å². The summed E-state index contributed by atoms with van der Waals surface area (Å²) in [6.45, 7) is 6.31. The third-order valence-electron chi connectivity index (χ3n) is 3.76. The van der Waals surface area contributed by atoms with Gasteiger partial charge in [0.15, 0.2) is 0 Å². The van der Waals surface area contributed by atoms with Gasteiger partial charge in [0.25, 0.3) is 5.91 Å². The average molecular weight is 354 g/mol. The van der Waals surface area contributed by atoms with Gasteiger partial charge in [0.05, 0.1) is 17.9 Å². The third-order valence-corrected chi connectivity index (χ3v) is 3.76. The minimum atomic E-state index is -0.197. The van der Waals surface area contributed by atoms with Crippen molar-refractivity contribution in [3.63, 3.8) is 0 Å². The zero-order valence-corrected chi connectivity index (χ0v) is 15.5. The maximum Gasteiger partial charge on any atom is 0.253 e. The van der Waals surface area contributed by atoms with Gasteiger partial charge in [-0.1, -0.05) is 30.3 Å². The minimum absolute atomic E-state index is 0.0290. The highest BCUT2D eigenvalue weighted by Crippen LogP contribution is 2.20. The predicted molar refractivity (Wildman–Crippen MR) is 104 cm³/mol. The fourth-order valence-corrected chi connectivity index (χ4v) is 2.60. The van der Waals surface area contributed by atoms with Crippen LogP contribution in [0.15, 0.2) is 48.5 Å². The summed E-state index contributed by atoms with van der Waals surface area (Å²) in [5.41, 5.74) is 1.98. The minimum Gasteiger partial charge on any atom is -0.494 e. The molecule has 5 heteroatoms. The number of aryl methyl sites for hydroxylation is 1. The van der Waals surface area contributed by atoms with Crippen LogP contribution in [-0.4, -0.2) is 24.5 Å². The molecule has 0 aromatic heterocycles.